The van der Waals surface area contributed by atoms with Crippen molar-refractivity contribution in [2.24, 2.45) is 16.7 Å². The number of nitrogens with zero attached hydrogens (tertiary/aromatic N) is 2. The van der Waals surface area contributed by atoms with E-state index >= 15 is 0 Å². The van der Waals surface area contributed by atoms with Gasteiger partial charge in [0.1, 0.15) is 42.6 Å². The van der Waals surface area contributed by atoms with Crippen LogP contribution in [-0.4, -0.2) is 87.6 Å². The molecule has 2 aromatic heterocycles. The molecule has 0 aromatic carbocycles. The third kappa shape index (κ3) is 14.7. The number of hydrogen-bond acceptors (Lipinski definition) is 13. The predicted molar refractivity (Wildman–Crippen MR) is 232 cm³/mol. The van der Waals surface area contributed by atoms with E-state index in [0.29, 0.717) is 12.8 Å². The van der Waals surface area contributed by atoms with Gasteiger partial charge in [-0.1, -0.05) is 113 Å². The third-order valence-corrected chi connectivity index (χ3v) is 11.0. The van der Waals surface area contributed by atoms with Crippen LogP contribution in [0.2, 0.25) is 0 Å². The van der Waals surface area contributed by atoms with Gasteiger partial charge < -0.3 is 38.0 Å². The lowest BCUT2D eigenvalue weighted by atomic mass is 9.70. The Bertz CT molecular complexity index is 2060. The largest absolute Gasteiger partial charge is 0.481 e. The smallest absolute Gasteiger partial charge is 0.360 e. The molecular formula is C48H60N2O12. The molecule has 62 heavy (non-hydrogen) atoms. The number of cyclic esters (lactones) is 1. The predicted octanol–water partition coefficient (Wildman–Crippen LogP) is 8.33. The number of rotatable bonds is 11. The molecule has 7 atom stereocenters. The number of carboxylic acid groups (broad SMARTS) is 1. The summed E-state index contributed by atoms with van der Waals surface area (Å²) in [5, 5.41) is 20.0. The third-order valence-electron chi connectivity index (χ3n) is 11.0. The fourth-order valence-corrected chi connectivity index (χ4v) is 6.67. The number of aliphatic carboxylic acids is 1. The van der Waals surface area contributed by atoms with Gasteiger partial charge in [-0.05, 0) is 32.3 Å². The van der Waals surface area contributed by atoms with E-state index in [2.05, 4.69) is 9.97 Å². The maximum absolute atomic E-state index is 13.7. The van der Waals surface area contributed by atoms with Crippen molar-refractivity contribution in [1.82, 2.24) is 9.97 Å². The Balaban J connectivity index is 1.60. The lowest BCUT2D eigenvalue weighted by Crippen LogP contribution is -2.42. The molecule has 4 rings (SSSR count). The van der Waals surface area contributed by atoms with Crippen molar-refractivity contribution in [3.8, 4) is 0 Å². The zero-order chi connectivity index (χ0) is 45.3. The van der Waals surface area contributed by atoms with Crippen LogP contribution in [0.15, 0.2) is 113 Å². The van der Waals surface area contributed by atoms with E-state index in [1.54, 1.807) is 62.6 Å². The standard InChI is InChI=1S/C48H60N2O12/c1-8-18-39(52)48(5,6)41-24-17-23-38-37(60-38)22-15-16-25-42-49-34(30-58-42)36(51)28-32(47(3,4)40(19-9-2)61-45(55)27-26-44(53)54)20-13-11-10-12-14-21-33(57-7)29-43-50-35(31-59-43)46(56)62-41/h8-19,21-23,25,30-33,37-41,52H,20,24,26-29H2,1-7H3,(H,53,54)/b12-10-,13-11-,18-8+,19-9+,21-14+,22-15+,23-17-,25-16-/t32-,33+,37+,38-,39+,40+,41+/m1/s1. The molecule has 0 unspecified atom stereocenters. The summed E-state index contributed by atoms with van der Waals surface area (Å²) in [6, 6.07) is 0. The van der Waals surface area contributed by atoms with E-state index in [4.69, 9.17) is 32.9 Å². The van der Waals surface area contributed by atoms with Crippen molar-refractivity contribution in [1.29, 1.82) is 0 Å². The molecule has 2 aromatic rings. The Morgan fingerprint density at radius 1 is 0.839 bits per heavy atom. The summed E-state index contributed by atoms with van der Waals surface area (Å²) in [6.07, 6.45) is 28.4. The monoisotopic (exact) mass is 856 g/mol. The van der Waals surface area contributed by atoms with Gasteiger partial charge in [0.25, 0.3) is 0 Å². The van der Waals surface area contributed by atoms with Crippen molar-refractivity contribution < 1.29 is 57.2 Å². The molecule has 2 aliphatic heterocycles. The lowest BCUT2D eigenvalue weighted by Gasteiger charge is -2.38. The number of allylic oxidation sites excluding steroid dienone is 9. The number of aliphatic hydroxyl groups is 1. The van der Waals surface area contributed by atoms with E-state index in [1.165, 1.54) is 12.5 Å². The number of epoxide rings is 1. The number of carbonyl (C=O) groups is 4. The average Bonchev–Trinajstić information content (AvgIpc) is 3.53. The zero-order valence-electron chi connectivity index (χ0n) is 36.5. The molecule has 14 heteroatoms. The second-order valence-corrected chi connectivity index (χ2v) is 16.2. The van der Waals surface area contributed by atoms with Crippen LogP contribution >= 0.6 is 0 Å². The van der Waals surface area contributed by atoms with Gasteiger partial charge in [0.05, 0.1) is 31.5 Å². The molecule has 0 aliphatic carbocycles. The van der Waals surface area contributed by atoms with E-state index in [1.807, 2.05) is 83.2 Å². The van der Waals surface area contributed by atoms with E-state index in [-0.39, 0.29) is 72.8 Å². The summed E-state index contributed by atoms with van der Waals surface area (Å²) in [5.41, 5.74) is -1.49. The summed E-state index contributed by atoms with van der Waals surface area (Å²) in [7, 11) is 1.55. The van der Waals surface area contributed by atoms with Gasteiger partial charge in [-0.25, -0.2) is 14.8 Å². The van der Waals surface area contributed by atoms with Crippen molar-refractivity contribution in [2.75, 3.05) is 7.11 Å². The van der Waals surface area contributed by atoms with Crippen LogP contribution in [0, 0.1) is 16.7 Å². The summed E-state index contributed by atoms with van der Waals surface area (Å²) >= 11 is 0. The summed E-state index contributed by atoms with van der Waals surface area (Å²) < 4.78 is 34.4. The zero-order valence-corrected chi connectivity index (χ0v) is 36.5. The summed E-state index contributed by atoms with van der Waals surface area (Å²) in [5.74, 6) is -2.54. The molecule has 1 fully saturated rings. The first kappa shape index (κ1) is 49.0. The fraction of sp³-hybridized carbons (Fsp3) is 0.458. The summed E-state index contributed by atoms with van der Waals surface area (Å²) in [4.78, 5) is 59.7. The van der Waals surface area contributed by atoms with Gasteiger partial charge >= 0.3 is 17.9 Å². The van der Waals surface area contributed by atoms with Crippen molar-refractivity contribution >= 4 is 29.8 Å². The first-order chi connectivity index (χ1) is 29.6. The van der Waals surface area contributed by atoms with Crippen molar-refractivity contribution in [2.45, 2.75) is 117 Å². The number of methoxy groups -OCH3 is 1. The molecule has 14 nitrogen and oxygen atoms in total. The van der Waals surface area contributed by atoms with E-state index in [0.717, 1.165) is 0 Å². The molecule has 0 amide bonds. The minimum absolute atomic E-state index is 0.00449. The number of carbonyl (C=O) groups excluding carboxylic acids is 3. The minimum Gasteiger partial charge on any atom is -0.481 e. The van der Waals surface area contributed by atoms with Crippen LogP contribution in [0.25, 0.3) is 6.08 Å². The Kier molecular flexibility index (Phi) is 18.6. The highest BCUT2D eigenvalue weighted by Gasteiger charge is 2.41. The number of oxazole rings is 2. The molecule has 2 N–H and O–H groups in total. The van der Waals surface area contributed by atoms with Crippen LogP contribution in [0.4, 0.5) is 0 Å². The molecule has 0 saturated carbocycles. The maximum atomic E-state index is 13.7. The van der Waals surface area contributed by atoms with Crippen LogP contribution < -0.4 is 0 Å². The summed E-state index contributed by atoms with van der Waals surface area (Å²) in [6.45, 7) is 11.1. The number of hydrogen-bond donors (Lipinski definition) is 2. The van der Waals surface area contributed by atoms with Crippen LogP contribution in [0.5, 0.6) is 0 Å². The Labute approximate surface area is 363 Å². The van der Waals surface area contributed by atoms with Crippen LogP contribution in [0.3, 0.4) is 0 Å². The Morgan fingerprint density at radius 3 is 2.27 bits per heavy atom. The van der Waals surface area contributed by atoms with Gasteiger partial charge in [-0.15, -0.1) is 0 Å². The highest BCUT2D eigenvalue weighted by Crippen LogP contribution is 2.39. The molecular weight excluding hydrogens is 797 g/mol. The number of aliphatic hydroxyl groups excluding tert-OH is 1. The highest BCUT2D eigenvalue weighted by atomic mass is 16.6. The van der Waals surface area contributed by atoms with Gasteiger partial charge in [0.2, 0.25) is 5.89 Å². The number of fused-ring (bicyclic) bond motifs is 5. The number of carboxylic acids is 1. The van der Waals surface area contributed by atoms with Crippen LogP contribution in [-0.2, 0) is 35.0 Å². The molecule has 0 radical (unpaired) electrons. The van der Waals surface area contributed by atoms with Gasteiger partial charge in [0, 0.05) is 36.9 Å². The minimum atomic E-state index is -1.10. The second-order valence-electron chi connectivity index (χ2n) is 16.2. The Hall–Kier alpha value is -5.70. The molecule has 2 aliphatic rings. The fourth-order valence-electron chi connectivity index (χ4n) is 6.67. The van der Waals surface area contributed by atoms with Crippen LogP contribution in [0.1, 0.15) is 106 Å². The van der Waals surface area contributed by atoms with Gasteiger partial charge in [-0.3, -0.25) is 14.4 Å². The number of ketones is 1. The number of ether oxygens (including phenoxy) is 4. The van der Waals surface area contributed by atoms with Crippen molar-refractivity contribution in [3.63, 3.8) is 0 Å². The van der Waals surface area contributed by atoms with Gasteiger partial charge in [0.15, 0.2) is 17.4 Å². The number of Topliss-reactive ketones (excluding diaryl/α,β-unsaturated/α-hetero) is 1. The van der Waals surface area contributed by atoms with Crippen molar-refractivity contribution in [3.05, 3.63) is 127 Å². The second kappa shape index (κ2) is 23.5. The maximum Gasteiger partial charge on any atom is 0.360 e. The molecule has 1 saturated heterocycles. The normalized spacial score (nSPS) is 26.4. The van der Waals surface area contributed by atoms with E-state index in [9.17, 15) is 24.3 Å². The molecule has 4 heterocycles. The lowest BCUT2D eigenvalue weighted by molar-refractivity contribution is -0.155. The molecule has 0 spiro atoms. The number of aromatic nitrogens is 2. The SMILES string of the molecule is C/C=C/[C@H](OC(=O)CCC(=O)O)C(C)(C)[C@@H]1C\C=C/C=C\C=C\[C@H](OC)Cc2nc(co2)C(=O)O[C@H](C(C)(C)[C@@H](O)/C=C/C)C/C=C\[C@H]2O[C@H]2/C=C/C=C\c2nc(co2)C(=O)C1. The first-order valence-electron chi connectivity index (χ1n) is 20.8. The quantitative estimate of drug-likeness (QED) is 0.124. The Morgan fingerprint density at radius 2 is 1.55 bits per heavy atom. The molecule has 4 bridgehead atoms. The highest BCUT2D eigenvalue weighted by molar-refractivity contribution is 5.94. The molecule has 334 valence electrons. The van der Waals surface area contributed by atoms with E-state index < -0.39 is 53.2 Å². The number of esters is 2. The topological polar surface area (TPSA) is 201 Å². The van der Waals surface area contributed by atoms with Gasteiger partial charge in [-0.2, -0.15) is 0 Å². The average molecular weight is 857 g/mol. The first-order valence-corrected chi connectivity index (χ1v) is 20.8.